The van der Waals surface area contributed by atoms with Crippen LogP contribution in [0.5, 0.6) is 5.88 Å². The van der Waals surface area contributed by atoms with Crippen molar-refractivity contribution in [2.75, 3.05) is 0 Å². The Labute approximate surface area is 107 Å². The molecule has 108 valence electrons. The lowest BCUT2D eigenvalue weighted by Gasteiger charge is -2.09. The number of rotatable bonds is 2. The molecule has 0 spiro atoms. The van der Waals surface area contributed by atoms with E-state index in [0.29, 0.717) is 0 Å². The summed E-state index contributed by atoms with van der Waals surface area (Å²) in [6.07, 6.45) is 0.821. The maximum absolute atomic E-state index is 12.2. The molecule has 0 atom stereocenters. The highest BCUT2D eigenvalue weighted by molar-refractivity contribution is 7.88. The van der Waals surface area contributed by atoms with Gasteiger partial charge in [0.1, 0.15) is 0 Å². The van der Waals surface area contributed by atoms with Crippen LogP contribution in [0.1, 0.15) is 0 Å². The molecule has 2 rings (SSSR count). The lowest BCUT2D eigenvalue weighted by atomic mass is 10.2. The van der Waals surface area contributed by atoms with E-state index < -0.39 is 32.6 Å². The summed E-state index contributed by atoms with van der Waals surface area (Å²) < 4.78 is 62.1. The van der Waals surface area contributed by atoms with Gasteiger partial charge in [0.2, 0.25) is 5.56 Å². The van der Waals surface area contributed by atoms with Crippen LogP contribution >= 0.6 is 0 Å². The number of halogens is 3. The molecule has 0 radical (unpaired) electrons. The van der Waals surface area contributed by atoms with Crippen molar-refractivity contribution in [3.63, 3.8) is 0 Å². The fourth-order valence-electron chi connectivity index (χ4n) is 1.27. The minimum Gasteiger partial charge on any atom is -0.353 e. The first-order valence-corrected chi connectivity index (χ1v) is 6.14. The first-order valence-electron chi connectivity index (χ1n) is 4.74. The van der Waals surface area contributed by atoms with E-state index in [-0.39, 0.29) is 10.8 Å². The quantitative estimate of drug-likeness (QED) is 0.587. The molecule has 0 aromatic carbocycles. The Morgan fingerprint density at radius 3 is 2.45 bits per heavy atom. The Kier molecular flexibility index (Phi) is 3.04. The SMILES string of the molecule is O=c1cc2c(=O)[nH]nc(OS(=O)(=O)C(F)(F)F)c2c[nH]1. The van der Waals surface area contributed by atoms with E-state index in [1.54, 1.807) is 5.10 Å². The molecule has 0 saturated carbocycles. The van der Waals surface area contributed by atoms with E-state index in [4.69, 9.17) is 0 Å². The Hall–Kier alpha value is -2.37. The largest absolute Gasteiger partial charge is 0.534 e. The molecule has 2 aromatic heterocycles. The van der Waals surface area contributed by atoms with E-state index in [1.165, 1.54) is 0 Å². The summed E-state index contributed by atoms with van der Waals surface area (Å²) in [5.41, 5.74) is -7.25. The van der Waals surface area contributed by atoms with Crippen LogP contribution in [0.15, 0.2) is 21.9 Å². The molecule has 2 aromatic rings. The van der Waals surface area contributed by atoms with Crippen molar-refractivity contribution < 1.29 is 25.8 Å². The van der Waals surface area contributed by atoms with Gasteiger partial charge in [-0.25, -0.2) is 5.10 Å². The average molecular weight is 311 g/mol. The number of pyridine rings is 1. The van der Waals surface area contributed by atoms with Crippen LogP contribution in [0.2, 0.25) is 0 Å². The van der Waals surface area contributed by atoms with Gasteiger partial charge in [0.25, 0.3) is 11.4 Å². The van der Waals surface area contributed by atoms with Crippen LogP contribution < -0.4 is 15.3 Å². The number of hydrogen-bond acceptors (Lipinski definition) is 6. The van der Waals surface area contributed by atoms with Crippen LogP contribution in [0.25, 0.3) is 10.8 Å². The molecule has 0 unspecified atom stereocenters. The third kappa shape index (κ3) is 2.36. The molecule has 0 aliphatic heterocycles. The molecule has 8 nitrogen and oxygen atoms in total. The molecule has 0 aliphatic carbocycles. The van der Waals surface area contributed by atoms with Gasteiger partial charge < -0.3 is 9.17 Å². The summed E-state index contributed by atoms with van der Waals surface area (Å²) in [6, 6.07) is 0.767. The number of hydrogen-bond donors (Lipinski definition) is 2. The van der Waals surface area contributed by atoms with Gasteiger partial charge >= 0.3 is 15.6 Å². The third-order valence-corrected chi connectivity index (χ3v) is 3.07. The Morgan fingerprint density at radius 2 is 1.85 bits per heavy atom. The predicted octanol–water partition coefficient (Wildman–Crippen LogP) is -0.160. The molecular formula is C8H4F3N3O5S. The maximum atomic E-state index is 12.2. The monoisotopic (exact) mass is 311 g/mol. The second-order valence-corrected chi connectivity index (χ2v) is 5.00. The van der Waals surface area contributed by atoms with Crippen molar-refractivity contribution in [1.29, 1.82) is 0 Å². The highest BCUT2D eigenvalue weighted by atomic mass is 32.2. The van der Waals surface area contributed by atoms with Gasteiger partial charge in [0.15, 0.2) is 0 Å². The van der Waals surface area contributed by atoms with E-state index in [0.717, 1.165) is 12.3 Å². The number of nitrogens with one attached hydrogen (secondary N) is 2. The van der Waals surface area contributed by atoms with Crippen LogP contribution in [0.4, 0.5) is 13.2 Å². The molecule has 12 heteroatoms. The highest BCUT2D eigenvalue weighted by Crippen LogP contribution is 2.28. The number of aromatic amines is 2. The van der Waals surface area contributed by atoms with Gasteiger partial charge in [0.05, 0.1) is 10.8 Å². The van der Waals surface area contributed by atoms with E-state index in [9.17, 15) is 31.2 Å². The molecule has 0 amide bonds. The molecule has 20 heavy (non-hydrogen) atoms. The lowest BCUT2D eigenvalue weighted by molar-refractivity contribution is -0.0501. The second-order valence-electron chi connectivity index (χ2n) is 3.47. The molecule has 2 heterocycles. The number of H-pyrrole nitrogens is 2. The summed E-state index contributed by atoms with van der Waals surface area (Å²) in [5, 5.41) is 4.05. The summed E-state index contributed by atoms with van der Waals surface area (Å²) in [5.74, 6) is -1.01. The number of aromatic nitrogens is 3. The van der Waals surface area contributed by atoms with Crippen molar-refractivity contribution in [2.45, 2.75) is 5.51 Å². The summed E-state index contributed by atoms with van der Waals surface area (Å²) in [7, 11) is -5.94. The third-order valence-electron chi connectivity index (χ3n) is 2.13. The van der Waals surface area contributed by atoms with Gasteiger partial charge in [-0.05, 0) is 0 Å². The van der Waals surface area contributed by atoms with Crippen molar-refractivity contribution >= 4 is 20.9 Å². The molecule has 0 fully saturated rings. The van der Waals surface area contributed by atoms with Crippen LogP contribution in [-0.2, 0) is 10.1 Å². The average Bonchev–Trinajstić information content (AvgIpc) is 2.31. The topological polar surface area (TPSA) is 122 Å². The number of fused-ring (bicyclic) bond motifs is 1. The van der Waals surface area contributed by atoms with E-state index >= 15 is 0 Å². The lowest BCUT2D eigenvalue weighted by Crippen LogP contribution is -2.29. The zero-order valence-electron chi connectivity index (χ0n) is 9.19. The van der Waals surface area contributed by atoms with Gasteiger partial charge in [-0.3, -0.25) is 9.59 Å². The molecular weight excluding hydrogens is 307 g/mol. The molecule has 0 saturated heterocycles. The zero-order valence-corrected chi connectivity index (χ0v) is 10.0. The van der Waals surface area contributed by atoms with Gasteiger partial charge in [0, 0.05) is 12.3 Å². The predicted molar refractivity (Wildman–Crippen MR) is 58.6 cm³/mol. The van der Waals surface area contributed by atoms with Crippen molar-refractivity contribution in [1.82, 2.24) is 15.2 Å². The minimum absolute atomic E-state index is 0.365. The molecule has 0 bridgehead atoms. The van der Waals surface area contributed by atoms with E-state index in [2.05, 4.69) is 14.3 Å². The highest BCUT2D eigenvalue weighted by Gasteiger charge is 2.49. The van der Waals surface area contributed by atoms with Gasteiger partial charge in [-0.2, -0.15) is 21.6 Å². The van der Waals surface area contributed by atoms with Crippen LogP contribution in [0, 0.1) is 0 Å². The second kappa shape index (κ2) is 4.33. The first-order chi connectivity index (χ1) is 9.12. The Morgan fingerprint density at radius 1 is 1.20 bits per heavy atom. The number of nitrogens with zero attached hydrogens (tertiary/aromatic N) is 1. The Balaban J connectivity index is 2.66. The zero-order chi connectivity index (χ0) is 15.1. The van der Waals surface area contributed by atoms with Crippen molar-refractivity contribution in [2.24, 2.45) is 0 Å². The van der Waals surface area contributed by atoms with Crippen molar-refractivity contribution in [3.8, 4) is 5.88 Å². The minimum atomic E-state index is -5.94. The van der Waals surface area contributed by atoms with Crippen molar-refractivity contribution in [3.05, 3.63) is 33.0 Å². The van der Waals surface area contributed by atoms with Crippen LogP contribution in [-0.4, -0.2) is 29.1 Å². The fraction of sp³-hybridized carbons (Fsp3) is 0.125. The smallest absolute Gasteiger partial charge is 0.353 e. The van der Waals surface area contributed by atoms with Crippen LogP contribution in [0.3, 0.4) is 0 Å². The summed E-state index contributed by atoms with van der Waals surface area (Å²) >= 11 is 0. The van der Waals surface area contributed by atoms with E-state index in [1.807, 2.05) is 0 Å². The fourth-order valence-corrected chi connectivity index (χ4v) is 1.70. The maximum Gasteiger partial charge on any atom is 0.534 e. The standard InChI is InChI=1S/C8H4F3N3O5S/c9-8(10,11)20(17,18)19-7-4-2-12-5(15)1-3(4)6(16)13-14-7/h1-2H,(H,12,15)(H,13,16). The first kappa shape index (κ1) is 14.0. The number of alkyl halides is 3. The summed E-state index contributed by atoms with van der Waals surface area (Å²) in [4.78, 5) is 24.4. The van der Waals surface area contributed by atoms with Gasteiger partial charge in [-0.15, -0.1) is 5.10 Å². The summed E-state index contributed by atoms with van der Waals surface area (Å²) in [6.45, 7) is 0. The van der Waals surface area contributed by atoms with Gasteiger partial charge in [-0.1, -0.05) is 0 Å². The molecule has 0 aliphatic rings. The normalized spacial score (nSPS) is 12.6. The Bertz CT molecular complexity index is 883. The molecule has 2 N–H and O–H groups in total.